The van der Waals surface area contributed by atoms with E-state index < -0.39 is 0 Å². The zero-order valence-corrected chi connectivity index (χ0v) is 16.9. The summed E-state index contributed by atoms with van der Waals surface area (Å²) in [6.45, 7) is 2.07. The summed E-state index contributed by atoms with van der Waals surface area (Å²) < 4.78 is 0. The first kappa shape index (κ1) is 20.6. The molecule has 0 heterocycles. The Labute approximate surface area is 172 Å². The van der Waals surface area contributed by atoms with E-state index in [1.165, 1.54) is 0 Å². The number of rotatable bonds is 9. The molecule has 3 N–H and O–H groups in total. The number of ketones is 1. The molecule has 0 bridgehead atoms. The van der Waals surface area contributed by atoms with Crippen LogP contribution in [-0.4, -0.2) is 11.7 Å². The van der Waals surface area contributed by atoms with E-state index in [0.29, 0.717) is 24.2 Å². The van der Waals surface area contributed by atoms with Crippen molar-refractivity contribution >= 4 is 33.8 Å². The third-order valence-corrected chi connectivity index (χ3v) is 5.21. The zero-order chi connectivity index (χ0) is 20.6. The molecule has 4 heteroatoms. The second-order valence-corrected chi connectivity index (χ2v) is 7.64. The Morgan fingerprint density at radius 3 is 2.48 bits per heavy atom. The fourth-order valence-electron chi connectivity index (χ4n) is 3.61. The highest BCUT2D eigenvalue weighted by atomic mass is 16.1. The second-order valence-electron chi connectivity index (χ2n) is 7.64. The number of para-hydroxylation sites is 2. The maximum atomic E-state index is 12.6. The van der Waals surface area contributed by atoms with Gasteiger partial charge in [-0.3, -0.25) is 9.59 Å². The van der Waals surface area contributed by atoms with Gasteiger partial charge in [0.15, 0.2) is 5.78 Å². The number of hydrogen-bond donors (Lipinski definition) is 2. The summed E-state index contributed by atoms with van der Waals surface area (Å²) in [7, 11) is 0. The van der Waals surface area contributed by atoms with Crippen molar-refractivity contribution < 1.29 is 9.59 Å². The van der Waals surface area contributed by atoms with E-state index in [-0.39, 0.29) is 17.6 Å². The molecule has 0 spiro atoms. The molecule has 29 heavy (non-hydrogen) atoms. The fourth-order valence-corrected chi connectivity index (χ4v) is 3.61. The van der Waals surface area contributed by atoms with Gasteiger partial charge in [0.25, 0.3) is 0 Å². The van der Waals surface area contributed by atoms with Crippen LogP contribution in [0, 0.1) is 5.92 Å². The maximum Gasteiger partial charge on any atom is 0.224 e. The molecule has 0 fully saturated rings. The van der Waals surface area contributed by atoms with Crippen molar-refractivity contribution in [1.82, 2.24) is 0 Å². The lowest BCUT2D eigenvalue weighted by atomic mass is 9.96. The number of anilines is 2. The van der Waals surface area contributed by atoms with Gasteiger partial charge < -0.3 is 11.1 Å². The number of carbonyl (C=O) groups excluding carboxylic acids is 2. The minimum Gasteiger partial charge on any atom is -0.397 e. The Kier molecular flexibility index (Phi) is 7.01. The average molecular weight is 389 g/mol. The Balaban J connectivity index is 1.42. The van der Waals surface area contributed by atoms with Crippen LogP contribution in [0.25, 0.3) is 10.8 Å². The fraction of sp³-hybridized carbons (Fsp3) is 0.280. The second kappa shape index (κ2) is 9.87. The third-order valence-electron chi connectivity index (χ3n) is 5.21. The van der Waals surface area contributed by atoms with Crippen molar-refractivity contribution in [2.45, 2.75) is 39.0 Å². The van der Waals surface area contributed by atoms with Crippen LogP contribution in [0.1, 0.15) is 49.4 Å². The Morgan fingerprint density at radius 1 is 0.931 bits per heavy atom. The van der Waals surface area contributed by atoms with Crippen molar-refractivity contribution in [2.24, 2.45) is 5.92 Å². The van der Waals surface area contributed by atoms with Gasteiger partial charge in [-0.25, -0.2) is 0 Å². The SMILES string of the molecule is CC(CCCCC(=O)c1cccc2ccccc12)CC(=O)Nc1ccccc1N. The molecule has 0 aliphatic carbocycles. The van der Waals surface area contributed by atoms with E-state index in [2.05, 4.69) is 12.2 Å². The van der Waals surface area contributed by atoms with Gasteiger partial charge in [-0.15, -0.1) is 0 Å². The number of hydrogen-bond acceptors (Lipinski definition) is 3. The summed E-state index contributed by atoms with van der Waals surface area (Å²) in [4.78, 5) is 24.8. The highest BCUT2D eigenvalue weighted by Gasteiger charge is 2.12. The van der Waals surface area contributed by atoms with Crippen molar-refractivity contribution in [1.29, 1.82) is 0 Å². The number of carbonyl (C=O) groups is 2. The molecule has 150 valence electrons. The molecule has 3 aromatic carbocycles. The first-order chi connectivity index (χ1) is 14.0. The smallest absolute Gasteiger partial charge is 0.224 e. The Hall–Kier alpha value is -3.14. The van der Waals surface area contributed by atoms with Crippen LogP contribution in [0.5, 0.6) is 0 Å². The summed E-state index contributed by atoms with van der Waals surface area (Å²) in [5.41, 5.74) is 7.89. The minimum atomic E-state index is -0.0257. The molecule has 0 aliphatic heterocycles. The Bertz CT molecular complexity index is 992. The monoisotopic (exact) mass is 388 g/mol. The summed E-state index contributed by atoms with van der Waals surface area (Å²) in [6, 6.07) is 21.1. The van der Waals surface area contributed by atoms with Crippen LogP contribution >= 0.6 is 0 Å². The van der Waals surface area contributed by atoms with Gasteiger partial charge in [-0.2, -0.15) is 0 Å². The number of Topliss-reactive ketones (excluding diaryl/α,β-unsaturated/α-hetero) is 1. The minimum absolute atomic E-state index is 0.0257. The normalized spacial score (nSPS) is 11.9. The van der Waals surface area contributed by atoms with E-state index >= 15 is 0 Å². The molecule has 0 aromatic heterocycles. The lowest BCUT2D eigenvalue weighted by molar-refractivity contribution is -0.117. The molecular formula is C25H28N2O2. The van der Waals surface area contributed by atoms with Crippen LogP contribution < -0.4 is 11.1 Å². The topological polar surface area (TPSA) is 72.2 Å². The molecule has 0 saturated heterocycles. The van der Waals surface area contributed by atoms with E-state index in [9.17, 15) is 9.59 Å². The number of nitrogens with two attached hydrogens (primary N) is 1. The summed E-state index contributed by atoms with van der Waals surface area (Å²) >= 11 is 0. The quantitative estimate of drug-likeness (QED) is 0.275. The predicted molar refractivity (Wildman–Crippen MR) is 120 cm³/mol. The summed E-state index contributed by atoms with van der Waals surface area (Å²) in [5.74, 6) is 0.418. The van der Waals surface area contributed by atoms with Gasteiger partial charge >= 0.3 is 0 Å². The lowest BCUT2D eigenvalue weighted by Gasteiger charge is -2.12. The number of nitrogen functional groups attached to an aromatic ring is 1. The largest absolute Gasteiger partial charge is 0.397 e. The number of benzene rings is 3. The number of nitrogens with one attached hydrogen (secondary N) is 1. The average Bonchev–Trinajstić information content (AvgIpc) is 2.72. The number of unbranched alkanes of at least 4 members (excludes halogenated alkanes) is 1. The zero-order valence-electron chi connectivity index (χ0n) is 16.9. The molecule has 0 saturated carbocycles. The molecule has 1 amide bonds. The lowest BCUT2D eigenvalue weighted by Crippen LogP contribution is -2.16. The highest BCUT2D eigenvalue weighted by molar-refractivity contribution is 6.08. The summed E-state index contributed by atoms with van der Waals surface area (Å²) in [6.07, 6.45) is 3.66. The summed E-state index contributed by atoms with van der Waals surface area (Å²) in [5, 5.41) is 4.98. The van der Waals surface area contributed by atoms with Crippen molar-refractivity contribution in [3.63, 3.8) is 0 Å². The van der Waals surface area contributed by atoms with Crippen molar-refractivity contribution in [3.8, 4) is 0 Å². The standard InChI is InChI=1S/C25H28N2O2/c1-18(17-25(29)27-23-15-6-5-14-22(23)26)9-2-7-16-24(28)21-13-8-11-19-10-3-4-12-20(19)21/h3-6,8,10-15,18H,2,7,9,16-17,26H2,1H3,(H,27,29). The number of fused-ring (bicyclic) bond motifs is 1. The Morgan fingerprint density at radius 2 is 1.66 bits per heavy atom. The van der Waals surface area contributed by atoms with E-state index in [4.69, 9.17) is 5.73 Å². The highest BCUT2D eigenvalue weighted by Crippen LogP contribution is 2.22. The van der Waals surface area contributed by atoms with Crippen molar-refractivity contribution in [2.75, 3.05) is 11.1 Å². The van der Waals surface area contributed by atoms with Crippen LogP contribution in [-0.2, 0) is 4.79 Å². The van der Waals surface area contributed by atoms with Crippen molar-refractivity contribution in [3.05, 3.63) is 72.3 Å². The molecule has 3 aromatic rings. The van der Waals surface area contributed by atoms with E-state index in [1.807, 2.05) is 54.6 Å². The van der Waals surface area contributed by atoms with Crippen LogP contribution in [0.3, 0.4) is 0 Å². The van der Waals surface area contributed by atoms with Crippen LogP contribution in [0.2, 0.25) is 0 Å². The van der Waals surface area contributed by atoms with Gasteiger partial charge in [0.2, 0.25) is 5.91 Å². The van der Waals surface area contributed by atoms with E-state index in [0.717, 1.165) is 35.6 Å². The molecule has 3 rings (SSSR count). The molecule has 1 atom stereocenters. The third kappa shape index (κ3) is 5.67. The first-order valence-corrected chi connectivity index (χ1v) is 10.2. The predicted octanol–water partition coefficient (Wildman–Crippen LogP) is 5.83. The van der Waals surface area contributed by atoms with Gasteiger partial charge in [0.1, 0.15) is 0 Å². The van der Waals surface area contributed by atoms with Gasteiger partial charge in [-0.05, 0) is 35.2 Å². The van der Waals surface area contributed by atoms with Gasteiger partial charge in [-0.1, -0.05) is 74.4 Å². The first-order valence-electron chi connectivity index (χ1n) is 10.2. The molecule has 0 radical (unpaired) electrons. The van der Waals surface area contributed by atoms with Crippen LogP contribution in [0.15, 0.2) is 66.7 Å². The molecular weight excluding hydrogens is 360 g/mol. The molecule has 1 unspecified atom stereocenters. The van der Waals surface area contributed by atoms with Crippen LogP contribution in [0.4, 0.5) is 11.4 Å². The maximum absolute atomic E-state index is 12.6. The van der Waals surface area contributed by atoms with Gasteiger partial charge in [0, 0.05) is 18.4 Å². The van der Waals surface area contributed by atoms with Gasteiger partial charge in [0.05, 0.1) is 11.4 Å². The van der Waals surface area contributed by atoms with E-state index in [1.54, 1.807) is 12.1 Å². The number of amides is 1. The molecule has 4 nitrogen and oxygen atoms in total. The molecule has 0 aliphatic rings.